The molecule has 1 aliphatic carbocycles. The second kappa shape index (κ2) is 6.01. The van der Waals surface area contributed by atoms with Crippen LogP contribution in [-0.2, 0) is 17.7 Å². The molecule has 0 bridgehead atoms. The van der Waals surface area contributed by atoms with Crippen LogP contribution in [-0.4, -0.2) is 23.6 Å². The number of aryl methyl sites for hydroxylation is 1. The summed E-state index contributed by atoms with van der Waals surface area (Å²) in [6.07, 6.45) is 6.92. The van der Waals surface area contributed by atoms with Gasteiger partial charge >= 0.3 is 0 Å². The molecule has 1 heterocycles. The Bertz CT molecular complexity index is 382. The molecule has 0 amide bonds. The largest absolute Gasteiger partial charge is 0.381 e. The Kier molecular flexibility index (Phi) is 4.37. The van der Waals surface area contributed by atoms with E-state index in [1.807, 2.05) is 12.3 Å². The first-order valence-electron chi connectivity index (χ1n) is 6.62. The summed E-state index contributed by atoms with van der Waals surface area (Å²) >= 11 is 0. The Morgan fingerprint density at radius 2 is 2.24 bits per heavy atom. The van der Waals surface area contributed by atoms with Crippen LogP contribution < -0.4 is 0 Å². The van der Waals surface area contributed by atoms with Crippen molar-refractivity contribution in [3.05, 3.63) is 23.5 Å². The SMILES string of the molecule is CCCOCCCn1ccc2c1CCCC2=O. The molecule has 0 saturated carbocycles. The first-order chi connectivity index (χ1) is 8.33. The summed E-state index contributed by atoms with van der Waals surface area (Å²) in [5, 5.41) is 0. The van der Waals surface area contributed by atoms with Crippen molar-refractivity contribution in [3.8, 4) is 0 Å². The smallest absolute Gasteiger partial charge is 0.164 e. The minimum absolute atomic E-state index is 0.312. The summed E-state index contributed by atoms with van der Waals surface area (Å²) in [6, 6.07) is 1.98. The number of fused-ring (bicyclic) bond motifs is 1. The molecule has 1 aromatic rings. The second-order valence-corrected chi connectivity index (χ2v) is 4.61. The van der Waals surface area contributed by atoms with Crippen LogP contribution in [0.25, 0.3) is 0 Å². The zero-order valence-electron chi connectivity index (χ0n) is 10.6. The van der Waals surface area contributed by atoms with Crippen molar-refractivity contribution in [1.29, 1.82) is 0 Å². The van der Waals surface area contributed by atoms with Crippen LogP contribution >= 0.6 is 0 Å². The summed E-state index contributed by atoms with van der Waals surface area (Å²) in [4.78, 5) is 11.7. The van der Waals surface area contributed by atoms with Gasteiger partial charge in [0.2, 0.25) is 0 Å². The Morgan fingerprint density at radius 3 is 3.06 bits per heavy atom. The van der Waals surface area contributed by atoms with Gasteiger partial charge in [-0.2, -0.15) is 0 Å². The van der Waals surface area contributed by atoms with Crippen molar-refractivity contribution in [2.75, 3.05) is 13.2 Å². The maximum Gasteiger partial charge on any atom is 0.164 e. The van der Waals surface area contributed by atoms with Gasteiger partial charge in [-0.1, -0.05) is 6.92 Å². The van der Waals surface area contributed by atoms with Crippen LogP contribution in [0.1, 0.15) is 48.7 Å². The summed E-state index contributed by atoms with van der Waals surface area (Å²) in [5.41, 5.74) is 2.18. The molecule has 3 heteroatoms. The predicted octanol–water partition coefficient (Wildman–Crippen LogP) is 2.82. The van der Waals surface area contributed by atoms with Crippen LogP contribution in [0.15, 0.2) is 12.3 Å². The number of nitrogens with zero attached hydrogens (tertiary/aromatic N) is 1. The van der Waals surface area contributed by atoms with E-state index in [1.54, 1.807) is 0 Å². The van der Waals surface area contributed by atoms with Gasteiger partial charge in [0.15, 0.2) is 5.78 Å². The van der Waals surface area contributed by atoms with E-state index in [0.717, 1.165) is 57.4 Å². The van der Waals surface area contributed by atoms with Gasteiger partial charge in [0.1, 0.15) is 0 Å². The van der Waals surface area contributed by atoms with Gasteiger partial charge < -0.3 is 9.30 Å². The summed E-state index contributed by atoms with van der Waals surface area (Å²) in [7, 11) is 0. The van der Waals surface area contributed by atoms with Gasteiger partial charge in [0.05, 0.1) is 0 Å². The molecule has 2 rings (SSSR count). The van der Waals surface area contributed by atoms with Crippen molar-refractivity contribution in [3.63, 3.8) is 0 Å². The van der Waals surface area contributed by atoms with Gasteiger partial charge in [-0.3, -0.25) is 4.79 Å². The molecular weight excluding hydrogens is 214 g/mol. The minimum atomic E-state index is 0.312. The standard InChI is InChI=1S/C14H21NO2/c1-2-10-17-11-4-8-15-9-7-12-13(15)5-3-6-14(12)16/h7,9H,2-6,8,10-11H2,1H3. The monoisotopic (exact) mass is 235 g/mol. The lowest BCUT2D eigenvalue weighted by molar-refractivity contribution is 0.0971. The van der Waals surface area contributed by atoms with Crippen molar-refractivity contribution in [1.82, 2.24) is 4.57 Å². The molecule has 17 heavy (non-hydrogen) atoms. The number of carbonyl (C=O) groups is 1. The molecule has 94 valence electrons. The topological polar surface area (TPSA) is 31.2 Å². The fraction of sp³-hybridized carbons (Fsp3) is 0.643. The predicted molar refractivity (Wildman–Crippen MR) is 67.4 cm³/mol. The number of ether oxygens (including phenoxy) is 1. The minimum Gasteiger partial charge on any atom is -0.381 e. The lowest BCUT2D eigenvalue weighted by atomic mass is 9.97. The molecule has 0 aliphatic heterocycles. The van der Waals surface area contributed by atoms with Crippen LogP contribution in [0.3, 0.4) is 0 Å². The first kappa shape index (κ1) is 12.4. The number of hydrogen-bond donors (Lipinski definition) is 0. The lowest BCUT2D eigenvalue weighted by Crippen LogP contribution is -2.13. The highest BCUT2D eigenvalue weighted by Crippen LogP contribution is 2.22. The van der Waals surface area contributed by atoms with E-state index in [2.05, 4.69) is 11.5 Å². The van der Waals surface area contributed by atoms with Crippen LogP contribution in [0.5, 0.6) is 0 Å². The normalized spacial score (nSPS) is 15.0. The maximum atomic E-state index is 11.7. The van der Waals surface area contributed by atoms with Crippen LogP contribution in [0, 0.1) is 0 Å². The van der Waals surface area contributed by atoms with E-state index in [0.29, 0.717) is 5.78 Å². The molecular formula is C14H21NO2. The van der Waals surface area contributed by atoms with E-state index in [4.69, 9.17) is 4.74 Å². The average molecular weight is 235 g/mol. The van der Waals surface area contributed by atoms with E-state index in [9.17, 15) is 4.79 Å². The van der Waals surface area contributed by atoms with Crippen molar-refractivity contribution in [2.45, 2.75) is 45.6 Å². The third-order valence-corrected chi connectivity index (χ3v) is 3.23. The van der Waals surface area contributed by atoms with Gasteiger partial charge in [0.25, 0.3) is 0 Å². The van der Waals surface area contributed by atoms with Crippen molar-refractivity contribution >= 4 is 5.78 Å². The number of hydrogen-bond acceptors (Lipinski definition) is 2. The fourth-order valence-corrected chi connectivity index (χ4v) is 2.38. The van der Waals surface area contributed by atoms with Gasteiger partial charge in [-0.15, -0.1) is 0 Å². The second-order valence-electron chi connectivity index (χ2n) is 4.61. The number of ketones is 1. The average Bonchev–Trinajstić information content (AvgIpc) is 2.74. The molecule has 0 fully saturated rings. The molecule has 0 atom stereocenters. The molecule has 3 nitrogen and oxygen atoms in total. The Balaban J connectivity index is 1.87. The molecule has 1 aliphatic rings. The van der Waals surface area contributed by atoms with Gasteiger partial charge in [-0.25, -0.2) is 0 Å². The molecule has 0 radical (unpaired) electrons. The quantitative estimate of drug-likeness (QED) is 0.710. The Hall–Kier alpha value is -1.09. The van der Waals surface area contributed by atoms with Gasteiger partial charge in [0, 0.05) is 43.6 Å². The highest BCUT2D eigenvalue weighted by Gasteiger charge is 2.19. The van der Waals surface area contributed by atoms with E-state index in [1.165, 1.54) is 5.69 Å². The molecule has 0 unspecified atom stereocenters. The third-order valence-electron chi connectivity index (χ3n) is 3.23. The number of Topliss-reactive ketones (excluding diaryl/α,β-unsaturated/α-hetero) is 1. The molecule has 0 saturated heterocycles. The van der Waals surface area contributed by atoms with E-state index < -0.39 is 0 Å². The van der Waals surface area contributed by atoms with E-state index >= 15 is 0 Å². The Morgan fingerprint density at radius 1 is 1.35 bits per heavy atom. The highest BCUT2D eigenvalue weighted by atomic mass is 16.5. The molecule has 0 spiro atoms. The van der Waals surface area contributed by atoms with Crippen LogP contribution in [0.2, 0.25) is 0 Å². The number of carbonyl (C=O) groups excluding carboxylic acids is 1. The molecule has 0 aromatic carbocycles. The lowest BCUT2D eigenvalue weighted by Gasteiger charge is -2.14. The van der Waals surface area contributed by atoms with Crippen molar-refractivity contribution < 1.29 is 9.53 Å². The fourth-order valence-electron chi connectivity index (χ4n) is 2.38. The summed E-state index contributed by atoms with van der Waals surface area (Å²) in [5.74, 6) is 0.312. The molecule has 0 N–H and O–H groups in total. The first-order valence-corrected chi connectivity index (χ1v) is 6.62. The zero-order chi connectivity index (χ0) is 12.1. The molecule has 1 aromatic heterocycles. The summed E-state index contributed by atoms with van der Waals surface area (Å²) in [6.45, 7) is 4.75. The van der Waals surface area contributed by atoms with Crippen LogP contribution in [0.4, 0.5) is 0 Å². The van der Waals surface area contributed by atoms with Gasteiger partial charge in [-0.05, 0) is 31.7 Å². The highest BCUT2D eigenvalue weighted by molar-refractivity contribution is 5.98. The zero-order valence-corrected chi connectivity index (χ0v) is 10.6. The van der Waals surface area contributed by atoms with Crippen molar-refractivity contribution in [2.24, 2.45) is 0 Å². The van der Waals surface area contributed by atoms with E-state index in [-0.39, 0.29) is 0 Å². The number of rotatable bonds is 6. The summed E-state index contributed by atoms with van der Waals surface area (Å²) < 4.78 is 7.69. The Labute approximate surface area is 103 Å². The third kappa shape index (κ3) is 2.97. The number of aromatic nitrogens is 1. The maximum absolute atomic E-state index is 11.7.